The van der Waals surface area contributed by atoms with Gasteiger partial charge in [0.25, 0.3) is 0 Å². The van der Waals surface area contributed by atoms with E-state index in [1.165, 1.54) is 0 Å². The molecule has 0 spiro atoms. The number of hydrogen-bond acceptors (Lipinski definition) is 0. The molecule has 0 aliphatic heterocycles. The summed E-state index contributed by atoms with van der Waals surface area (Å²) in [7, 11) is 0. The summed E-state index contributed by atoms with van der Waals surface area (Å²) in [5, 5.41) is 2.06. The highest BCUT2D eigenvalue weighted by molar-refractivity contribution is 5.10. The van der Waals surface area contributed by atoms with Crippen LogP contribution in [0.5, 0.6) is 0 Å². The summed E-state index contributed by atoms with van der Waals surface area (Å²) in [5.41, 5.74) is 0.0949. The van der Waals surface area contributed by atoms with Crippen LogP contribution < -0.4 is 10.7 Å². The first kappa shape index (κ1) is 8.12. The zero-order chi connectivity index (χ0) is 8.65. The summed E-state index contributed by atoms with van der Waals surface area (Å²) < 4.78 is 2.13. The van der Waals surface area contributed by atoms with E-state index in [1.807, 2.05) is 12.1 Å². The summed E-state index contributed by atoms with van der Waals surface area (Å²) in [4.78, 5) is 0. The number of nitrogens with zero attached hydrogens (tertiary/aromatic N) is 1. The van der Waals surface area contributed by atoms with Gasteiger partial charge in [0.2, 0.25) is 0 Å². The Morgan fingerprint density at radius 1 is 1.09 bits per heavy atom. The molecule has 0 radical (unpaired) electrons. The van der Waals surface area contributed by atoms with Gasteiger partial charge in [-0.1, -0.05) is 13.2 Å². The van der Waals surface area contributed by atoms with Crippen LogP contribution in [0.2, 0.25) is 0 Å². The Bertz CT molecular complexity index is 310. The van der Waals surface area contributed by atoms with Crippen molar-refractivity contribution in [3.63, 3.8) is 0 Å². The lowest BCUT2D eigenvalue weighted by Gasteiger charge is -2.22. The molecule has 0 amide bonds. The number of aromatic nitrogens is 1. The fourth-order valence-electron chi connectivity index (χ4n) is 1.39. The highest BCUT2D eigenvalue weighted by atomic mass is 15.0. The monoisotopic (exact) mass is 149 g/mol. The third-order valence-corrected chi connectivity index (χ3v) is 1.71. The van der Waals surface area contributed by atoms with Gasteiger partial charge in [-0.3, -0.25) is 0 Å². The average molecular weight is 149 g/mol. The van der Waals surface area contributed by atoms with Crippen molar-refractivity contribution in [1.82, 2.24) is 4.57 Å². The molecule has 0 N–H and O–H groups in total. The van der Waals surface area contributed by atoms with Crippen molar-refractivity contribution in [2.75, 3.05) is 0 Å². The predicted molar refractivity (Wildman–Crippen MR) is 49.7 cm³/mol. The van der Waals surface area contributed by atoms with Crippen molar-refractivity contribution >= 4 is 13.2 Å². The molecule has 1 aromatic rings. The molecule has 11 heavy (non-hydrogen) atoms. The summed E-state index contributed by atoms with van der Waals surface area (Å²) in [6, 6.07) is 3.99. The topological polar surface area (TPSA) is 4.93 Å². The zero-order valence-electron chi connectivity index (χ0n) is 7.52. The van der Waals surface area contributed by atoms with Crippen LogP contribution >= 0.6 is 0 Å². The third-order valence-electron chi connectivity index (χ3n) is 1.71. The van der Waals surface area contributed by atoms with E-state index < -0.39 is 0 Å². The second-order valence-corrected chi connectivity index (χ2v) is 3.82. The minimum Gasteiger partial charge on any atom is -0.337 e. The summed E-state index contributed by atoms with van der Waals surface area (Å²) in [5.74, 6) is 0. The van der Waals surface area contributed by atoms with E-state index in [4.69, 9.17) is 0 Å². The van der Waals surface area contributed by atoms with Crippen LogP contribution in [0.3, 0.4) is 0 Å². The van der Waals surface area contributed by atoms with Crippen molar-refractivity contribution in [3.05, 3.63) is 22.8 Å². The molecule has 0 saturated carbocycles. The minimum atomic E-state index is 0.0949. The fourth-order valence-corrected chi connectivity index (χ4v) is 1.39. The van der Waals surface area contributed by atoms with E-state index in [9.17, 15) is 0 Å². The molecule has 0 aromatic carbocycles. The van der Waals surface area contributed by atoms with Gasteiger partial charge >= 0.3 is 0 Å². The van der Waals surface area contributed by atoms with Crippen LogP contribution in [0.15, 0.2) is 12.1 Å². The third kappa shape index (κ3) is 1.37. The lowest BCUT2D eigenvalue weighted by Crippen LogP contribution is -2.38. The predicted octanol–water partition coefficient (Wildman–Crippen LogP) is 1.06. The summed E-state index contributed by atoms with van der Waals surface area (Å²) >= 11 is 0. The fraction of sp³-hybridized carbons (Fsp3) is 0.400. The van der Waals surface area contributed by atoms with Gasteiger partial charge in [-0.15, -0.1) is 0 Å². The molecule has 1 nitrogen and oxygen atoms in total. The maximum atomic E-state index is 3.93. The van der Waals surface area contributed by atoms with Crippen LogP contribution in [-0.4, -0.2) is 4.57 Å². The van der Waals surface area contributed by atoms with Crippen LogP contribution in [0.4, 0.5) is 0 Å². The first-order chi connectivity index (χ1) is 4.93. The second kappa shape index (κ2) is 2.26. The summed E-state index contributed by atoms with van der Waals surface area (Å²) in [6.45, 7) is 14.3. The van der Waals surface area contributed by atoms with Gasteiger partial charge in [0, 0.05) is 16.2 Å². The largest absolute Gasteiger partial charge is 0.337 e. The van der Waals surface area contributed by atoms with Crippen LogP contribution in [0, 0.1) is 0 Å². The molecule has 0 unspecified atom stereocenters. The molecule has 0 aliphatic rings. The van der Waals surface area contributed by atoms with Crippen LogP contribution in [-0.2, 0) is 5.54 Å². The molecule has 0 aliphatic carbocycles. The lowest BCUT2D eigenvalue weighted by atomic mass is 10.1. The van der Waals surface area contributed by atoms with Crippen molar-refractivity contribution < 1.29 is 0 Å². The minimum absolute atomic E-state index is 0.0949. The molecule has 0 atom stereocenters. The normalized spacial score (nSPS) is 11.9. The van der Waals surface area contributed by atoms with Gasteiger partial charge < -0.3 is 4.57 Å². The lowest BCUT2D eigenvalue weighted by molar-refractivity contribution is 0.382. The van der Waals surface area contributed by atoms with Crippen molar-refractivity contribution in [2.45, 2.75) is 26.3 Å². The second-order valence-electron chi connectivity index (χ2n) is 3.82. The van der Waals surface area contributed by atoms with E-state index in [1.54, 1.807) is 0 Å². The molecular weight excluding hydrogens is 134 g/mol. The Morgan fingerprint density at radius 3 is 1.64 bits per heavy atom. The maximum Gasteiger partial charge on any atom is 0.0366 e. The van der Waals surface area contributed by atoms with E-state index in [2.05, 4.69) is 38.5 Å². The standard InChI is InChI=1S/C10H15N/c1-8-6-7-9(2)11(8)10(3,4)5/h6-7H,1-2H2,3-5H3. The van der Waals surface area contributed by atoms with Gasteiger partial charge in [0.05, 0.1) is 0 Å². The van der Waals surface area contributed by atoms with Crippen LogP contribution in [0.25, 0.3) is 13.2 Å². The first-order valence-electron chi connectivity index (χ1n) is 3.79. The first-order valence-corrected chi connectivity index (χ1v) is 3.79. The highest BCUT2D eigenvalue weighted by Crippen LogP contribution is 2.06. The van der Waals surface area contributed by atoms with Crippen molar-refractivity contribution in [2.24, 2.45) is 0 Å². The molecule has 1 rings (SSSR count). The Kier molecular flexibility index (Phi) is 1.67. The molecule has 0 saturated heterocycles. The van der Waals surface area contributed by atoms with Gasteiger partial charge in [-0.2, -0.15) is 0 Å². The quantitative estimate of drug-likeness (QED) is 0.520. The molecule has 1 heterocycles. The molecule has 60 valence electrons. The van der Waals surface area contributed by atoms with Crippen molar-refractivity contribution in [1.29, 1.82) is 0 Å². The van der Waals surface area contributed by atoms with Gasteiger partial charge in [-0.25, -0.2) is 0 Å². The molecular formula is C10H15N. The SMILES string of the molecule is C=c1ccc(=C)n1C(C)(C)C. The number of hydrogen-bond donors (Lipinski definition) is 0. The highest BCUT2D eigenvalue weighted by Gasteiger charge is 2.12. The van der Waals surface area contributed by atoms with Gasteiger partial charge in [0.15, 0.2) is 0 Å². The van der Waals surface area contributed by atoms with E-state index in [0.717, 1.165) is 10.7 Å². The Hall–Kier alpha value is -0.980. The maximum absolute atomic E-state index is 3.93. The van der Waals surface area contributed by atoms with Crippen LogP contribution in [0.1, 0.15) is 20.8 Å². The molecule has 0 bridgehead atoms. The van der Waals surface area contributed by atoms with E-state index >= 15 is 0 Å². The molecule has 1 aromatic heterocycles. The zero-order valence-corrected chi connectivity index (χ0v) is 7.52. The summed E-state index contributed by atoms with van der Waals surface area (Å²) in [6.07, 6.45) is 0. The smallest absolute Gasteiger partial charge is 0.0366 e. The van der Waals surface area contributed by atoms with Crippen molar-refractivity contribution in [3.8, 4) is 0 Å². The van der Waals surface area contributed by atoms with E-state index in [-0.39, 0.29) is 5.54 Å². The molecule has 0 fully saturated rings. The Morgan fingerprint density at radius 2 is 1.45 bits per heavy atom. The Balaban J connectivity index is 3.45. The van der Waals surface area contributed by atoms with E-state index in [0.29, 0.717) is 0 Å². The average Bonchev–Trinajstić information content (AvgIpc) is 2.08. The van der Waals surface area contributed by atoms with Gasteiger partial charge in [0.1, 0.15) is 0 Å². The number of rotatable bonds is 0. The Labute approximate surface area is 67.7 Å². The van der Waals surface area contributed by atoms with Gasteiger partial charge in [-0.05, 0) is 32.9 Å². The molecule has 1 heteroatoms.